The molecule has 0 aromatic rings. The summed E-state index contributed by atoms with van der Waals surface area (Å²) < 4.78 is 0. The molecule has 0 saturated heterocycles. The maximum Gasteiger partial charge on any atom is 3.00 e. The van der Waals surface area contributed by atoms with Gasteiger partial charge in [-0.05, 0) is 28.2 Å². The SMILES string of the molecule is CN(C)C(=[N-])N(C)C.[CH3-].[CH3-].[Sc+3]. The molecule has 64 valence electrons. The van der Waals surface area contributed by atoms with Crippen molar-refractivity contribution in [3.63, 3.8) is 0 Å². The Bertz CT molecular complexity index is 81.7. The molecule has 0 saturated carbocycles. The smallest absolute Gasteiger partial charge is 0.432 e. The first-order valence-electron chi connectivity index (χ1n) is 2.46. The van der Waals surface area contributed by atoms with Gasteiger partial charge in [0.2, 0.25) is 0 Å². The molecule has 0 atom stereocenters. The molecule has 0 aromatic carbocycles. The van der Waals surface area contributed by atoms with Gasteiger partial charge in [0.25, 0.3) is 0 Å². The zero-order valence-corrected chi connectivity index (χ0v) is 10.2. The van der Waals surface area contributed by atoms with Crippen molar-refractivity contribution >= 4 is 5.96 Å². The van der Waals surface area contributed by atoms with Crippen LogP contribution in [0.25, 0.3) is 5.41 Å². The van der Waals surface area contributed by atoms with Crippen molar-refractivity contribution in [1.82, 2.24) is 9.80 Å². The molecule has 3 nitrogen and oxygen atoms in total. The van der Waals surface area contributed by atoms with Crippen LogP contribution in [0.1, 0.15) is 0 Å². The Morgan fingerprint density at radius 2 is 1.09 bits per heavy atom. The van der Waals surface area contributed by atoms with Crippen molar-refractivity contribution < 1.29 is 25.8 Å². The van der Waals surface area contributed by atoms with Gasteiger partial charge in [0.05, 0.1) is 0 Å². The van der Waals surface area contributed by atoms with Crippen LogP contribution in [0.2, 0.25) is 0 Å². The quantitative estimate of drug-likeness (QED) is 0.322. The van der Waals surface area contributed by atoms with E-state index in [0.29, 0.717) is 0 Å². The van der Waals surface area contributed by atoms with Crippen LogP contribution in [-0.4, -0.2) is 44.0 Å². The molecule has 0 bridgehead atoms. The zero-order valence-electron chi connectivity index (χ0n) is 8.42. The molecule has 0 rings (SSSR count). The normalized spacial score (nSPS) is 6.18. The molecule has 0 aromatic heterocycles. The van der Waals surface area contributed by atoms with Crippen LogP contribution in [0.5, 0.6) is 0 Å². The molecular formula is C7H18N3Sc. The summed E-state index contributed by atoms with van der Waals surface area (Å²) in [4.78, 5) is 3.28. The summed E-state index contributed by atoms with van der Waals surface area (Å²) >= 11 is 0. The molecule has 0 aliphatic carbocycles. The molecule has 0 amide bonds. The fraction of sp³-hybridized carbons (Fsp3) is 0.571. The second-order valence-corrected chi connectivity index (χ2v) is 2.09. The van der Waals surface area contributed by atoms with Gasteiger partial charge in [-0.1, -0.05) is 0 Å². The molecule has 0 fully saturated rings. The number of hydrogen-bond donors (Lipinski definition) is 0. The summed E-state index contributed by atoms with van der Waals surface area (Å²) in [5.41, 5.74) is 0. The minimum atomic E-state index is 0. The first-order valence-corrected chi connectivity index (χ1v) is 2.46. The van der Waals surface area contributed by atoms with Gasteiger partial charge in [0.1, 0.15) is 0 Å². The topological polar surface area (TPSA) is 28.8 Å². The third-order valence-corrected chi connectivity index (χ3v) is 0.800. The molecule has 0 N–H and O–H groups in total. The van der Waals surface area contributed by atoms with Gasteiger partial charge in [-0.25, -0.2) is 0 Å². The number of nitrogens with zero attached hydrogens (tertiary/aromatic N) is 3. The summed E-state index contributed by atoms with van der Waals surface area (Å²) in [7, 11) is 7.15. The third kappa shape index (κ3) is 10.1. The Hall–Kier alpha value is 0.140. The van der Waals surface area contributed by atoms with Crippen LogP contribution >= 0.6 is 0 Å². The van der Waals surface area contributed by atoms with E-state index in [1.54, 1.807) is 38.0 Å². The maximum atomic E-state index is 8.97. The predicted octanol–water partition coefficient (Wildman–Crippen LogP) is 0.933. The Morgan fingerprint density at radius 1 is 0.909 bits per heavy atom. The van der Waals surface area contributed by atoms with Gasteiger partial charge < -0.3 is 30.1 Å². The number of rotatable bonds is 0. The van der Waals surface area contributed by atoms with Crippen LogP contribution in [0.15, 0.2) is 0 Å². The van der Waals surface area contributed by atoms with E-state index < -0.39 is 0 Å². The fourth-order valence-corrected chi connectivity index (χ4v) is 0.400. The van der Waals surface area contributed by atoms with Gasteiger partial charge in [-0.3, -0.25) is 0 Å². The van der Waals surface area contributed by atoms with Crippen molar-refractivity contribution in [3.05, 3.63) is 20.3 Å². The zero-order chi connectivity index (χ0) is 6.73. The van der Waals surface area contributed by atoms with E-state index >= 15 is 0 Å². The third-order valence-electron chi connectivity index (χ3n) is 0.800. The molecule has 0 aliphatic heterocycles. The molecule has 11 heavy (non-hydrogen) atoms. The summed E-state index contributed by atoms with van der Waals surface area (Å²) in [6.45, 7) is 0. The molecule has 4 heteroatoms. The van der Waals surface area contributed by atoms with Crippen molar-refractivity contribution in [3.8, 4) is 0 Å². The summed E-state index contributed by atoms with van der Waals surface area (Å²) in [6, 6.07) is 0. The van der Waals surface area contributed by atoms with Gasteiger partial charge in [-0.15, -0.1) is 0 Å². The van der Waals surface area contributed by atoms with Gasteiger partial charge in [0, 0.05) is 5.96 Å². The molecule has 0 heterocycles. The molecular weight excluding hydrogens is 171 g/mol. The summed E-state index contributed by atoms with van der Waals surface area (Å²) in [6.07, 6.45) is 0. The molecule has 0 radical (unpaired) electrons. The van der Waals surface area contributed by atoms with Crippen molar-refractivity contribution in [2.24, 2.45) is 0 Å². The van der Waals surface area contributed by atoms with Crippen molar-refractivity contribution in [1.29, 1.82) is 0 Å². The minimum Gasteiger partial charge on any atom is -0.432 e. The second-order valence-electron chi connectivity index (χ2n) is 2.09. The van der Waals surface area contributed by atoms with Gasteiger partial charge in [0.15, 0.2) is 0 Å². The first kappa shape index (κ1) is 22.5. The Kier molecular flexibility index (Phi) is 20.7. The van der Waals surface area contributed by atoms with E-state index in [9.17, 15) is 0 Å². The van der Waals surface area contributed by atoms with Gasteiger partial charge in [-0.2, -0.15) is 0 Å². The first-order chi connectivity index (χ1) is 3.55. The van der Waals surface area contributed by atoms with E-state index in [1.165, 1.54) is 0 Å². The number of guanidine groups is 1. The summed E-state index contributed by atoms with van der Waals surface area (Å²) in [5.74, 6) is 0.269. The standard InChI is InChI=1S/C5H12N3.2CH3.Sc/c1-7(2)5(6)8(3)4;;;/h1-4H3;2*1H3;/q3*-1;+3. The second kappa shape index (κ2) is 10.1. The Balaban J connectivity index is -0.0000000817. The van der Waals surface area contributed by atoms with E-state index in [0.717, 1.165) is 0 Å². The van der Waals surface area contributed by atoms with E-state index in [-0.39, 0.29) is 46.7 Å². The molecule has 0 unspecified atom stereocenters. The van der Waals surface area contributed by atoms with Crippen LogP contribution in [0.3, 0.4) is 0 Å². The average molecular weight is 189 g/mol. The Morgan fingerprint density at radius 3 is 1.09 bits per heavy atom. The van der Waals surface area contributed by atoms with E-state index in [1.807, 2.05) is 0 Å². The van der Waals surface area contributed by atoms with E-state index in [2.05, 4.69) is 0 Å². The van der Waals surface area contributed by atoms with Crippen LogP contribution in [0, 0.1) is 14.9 Å². The molecule has 0 spiro atoms. The fourth-order valence-electron chi connectivity index (χ4n) is 0.400. The van der Waals surface area contributed by atoms with Crippen LogP contribution < -0.4 is 0 Å². The minimum absolute atomic E-state index is 0. The van der Waals surface area contributed by atoms with E-state index in [4.69, 9.17) is 5.41 Å². The van der Waals surface area contributed by atoms with Crippen LogP contribution in [0.4, 0.5) is 0 Å². The van der Waals surface area contributed by atoms with Crippen molar-refractivity contribution in [2.45, 2.75) is 0 Å². The van der Waals surface area contributed by atoms with Crippen LogP contribution in [-0.2, 0) is 25.8 Å². The predicted molar refractivity (Wildman–Crippen MR) is 48.6 cm³/mol. The Labute approximate surface area is 90.1 Å². The van der Waals surface area contributed by atoms with Crippen molar-refractivity contribution in [2.75, 3.05) is 28.2 Å². The largest absolute Gasteiger partial charge is 3.00 e. The maximum absolute atomic E-state index is 8.97. The van der Waals surface area contributed by atoms with Gasteiger partial charge >= 0.3 is 25.8 Å². The monoisotopic (exact) mass is 189 g/mol. The number of hydrogen-bond acceptors (Lipinski definition) is 0. The summed E-state index contributed by atoms with van der Waals surface area (Å²) in [5, 5.41) is 8.97. The average Bonchev–Trinajstić information content (AvgIpc) is 1.64. The molecule has 0 aliphatic rings.